The number of aliphatic hydroxyl groups is 1. The van der Waals surface area contributed by atoms with E-state index in [4.69, 9.17) is 14.6 Å². The summed E-state index contributed by atoms with van der Waals surface area (Å²) in [6.45, 7) is 10.9. The van der Waals surface area contributed by atoms with Crippen molar-refractivity contribution in [1.29, 1.82) is 0 Å². The molecule has 1 N–H and O–H groups in total. The summed E-state index contributed by atoms with van der Waals surface area (Å²) >= 11 is 0. The van der Waals surface area contributed by atoms with Crippen LogP contribution >= 0.6 is 0 Å². The number of aliphatic hydroxyl groups excluding tert-OH is 1. The van der Waals surface area contributed by atoms with Gasteiger partial charge in [0, 0.05) is 11.5 Å². The maximum Gasteiger partial charge on any atom is 0.335 e. The fourth-order valence-electron chi connectivity index (χ4n) is 5.70. The first-order chi connectivity index (χ1) is 16.8. The third-order valence-electron chi connectivity index (χ3n) is 8.17. The summed E-state index contributed by atoms with van der Waals surface area (Å²) < 4.78 is 10.8. The Morgan fingerprint density at radius 3 is 1.83 bits per heavy atom. The van der Waals surface area contributed by atoms with Crippen LogP contribution in [0.5, 0.6) is 0 Å². The molecule has 2 saturated carbocycles. The zero-order valence-electron chi connectivity index (χ0n) is 22.1. The van der Waals surface area contributed by atoms with E-state index in [1.807, 2.05) is 0 Å². The van der Waals surface area contributed by atoms with Crippen LogP contribution in [0.2, 0.25) is 0 Å². The molecule has 0 aromatic carbocycles. The fourth-order valence-corrected chi connectivity index (χ4v) is 5.70. The van der Waals surface area contributed by atoms with Crippen LogP contribution in [0.25, 0.3) is 0 Å². The van der Waals surface area contributed by atoms with Gasteiger partial charge in [-0.1, -0.05) is 76.7 Å². The van der Waals surface area contributed by atoms with E-state index in [9.17, 15) is 9.59 Å². The van der Waals surface area contributed by atoms with Crippen molar-refractivity contribution in [1.82, 2.24) is 0 Å². The van der Waals surface area contributed by atoms with Crippen molar-refractivity contribution in [3.63, 3.8) is 0 Å². The molecule has 0 amide bonds. The van der Waals surface area contributed by atoms with Crippen molar-refractivity contribution in [2.24, 2.45) is 29.6 Å². The molecule has 0 heterocycles. The topological polar surface area (TPSA) is 72.8 Å². The number of carbonyl (C=O) groups is 2. The highest BCUT2D eigenvalue weighted by Gasteiger charge is 2.30. The molecular weight excluding hydrogens is 440 g/mol. The van der Waals surface area contributed by atoms with Crippen LogP contribution in [-0.2, 0) is 19.1 Å². The summed E-state index contributed by atoms with van der Waals surface area (Å²) in [6, 6.07) is 0. The maximum absolute atomic E-state index is 12.0. The molecule has 0 bridgehead atoms. The molecule has 0 aromatic rings. The lowest BCUT2D eigenvalue weighted by molar-refractivity contribution is -0.146. The van der Waals surface area contributed by atoms with Gasteiger partial charge in [0.2, 0.25) is 0 Å². The monoisotopic (exact) mass is 488 g/mol. The average Bonchev–Trinajstić information content (AvgIpc) is 2.87. The highest BCUT2D eigenvalue weighted by atomic mass is 16.5. The summed E-state index contributed by atoms with van der Waals surface area (Å²) in [5.74, 6) is 1.91. The Morgan fingerprint density at radius 1 is 0.857 bits per heavy atom. The Labute approximate surface area is 213 Å². The molecule has 2 aliphatic rings. The predicted octanol–water partition coefficient (Wildman–Crippen LogP) is 6.56. The normalized spacial score (nSPS) is 25.7. The maximum atomic E-state index is 12.0. The van der Waals surface area contributed by atoms with Gasteiger partial charge in [-0.15, -0.1) is 0 Å². The van der Waals surface area contributed by atoms with Crippen LogP contribution < -0.4 is 0 Å². The molecule has 0 radical (unpaired) electrons. The van der Waals surface area contributed by atoms with Crippen molar-refractivity contribution in [3.05, 3.63) is 36.5 Å². The highest BCUT2D eigenvalue weighted by molar-refractivity contribution is 5.88. The molecule has 5 nitrogen and oxygen atoms in total. The van der Waals surface area contributed by atoms with E-state index in [2.05, 4.69) is 32.2 Å². The van der Waals surface area contributed by atoms with E-state index in [1.54, 1.807) is 6.92 Å². The quantitative estimate of drug-likeness (QED) is 0.170. The third-order valence-corrected chi connectivity index (χ3v) is 8.17. The standard InChI is InChI=1S/C30H48O5/c1-5-6-7-8-24-9-11-25(12-10-24)13-14-26-15-17-27(18-16-26)28(20-34-29(32)22(2)3)21-35-30(33)23(4)19-31/h5-6,24-28,31H,2,4,7-21H2,1,3H3/b6-5+. The molecule has 2 aliphatic carbocycles. The molecule has 2 fully saturated rings. The second-order valence-electron chi connectivity index (χ2n) is 10.9. The van der Waals surface area contributed by atoms with Gasteiger partial charge in [0.25, 0.3) is 0 Å². The van der Waals surface area contributed by atoms with Crippen molar-refractivity contribution >= 4 is 11.9 Å². The van der Waals surface area contributed by atoms with Gasteiger partial charge in [-0.05, 0) is 63.2 Å². The first-order valence-electron chi connectivity index (χ1n) is 13.7. The zero-order chi connectivity index (χ0) is 25.6. The predicted molar refractivity (Wildman–Crippen MR) is 141 cm³/mol. The number of esters is 2. The smallest absolute Gasteiger partial charge is 0.335 e. The molecule has 0 spiro atoms. The minimum absolute atomic E-state index is 0.0400. The summed E-state index contributed by atoms with van der Waals surface area (Å²) in [7, 11) is 0. The minimum atomic E-state index is -0.589. The lowest BCUT2D eigenvalue weighted by Crippen LogP contribution is -2.31. The minimum Gasteiger partial charge on any atom is -0.462 e. The van der Waals surface area contributed by atoms with Crippen molar-refractivity contribution in [2.45, 2.75) is 90.9 Å². The van der Waals surface area contributed by atoms with Crippen molar-refractivity contribution < 1.29 is 24.2 Å². The third kappa shape index (κ3) is 10.7. The van der Waals surface area contributed by atoms with Crippen LogP contribution in [-0.4, -0.2) is 36.9 Å². The number of allylic oxidation sites excluding steroid dienone is 2. The lowest BCUT2D eigenvalue weighted by Gasteiger charge is -2.34. The highest BCUT2D eigenvalue weighted by Crippen LogP contribution is 2.39. The van der Waals surface area contributed by atoms with Gasteiger partial charge in [-0.2, -0.15) is 0 Å². The Kier molecular flexibility index (Phi) is 13.4. The molecule has 35 heavy (non-hydrogen) atoms. The zero-order valence-corrected chi connectivity index (χ0v) is 22.1. The molecule has 0 aliphatic heterocycles. The summed E-state index contributed by atoms with van der Waals surface area (Å²) in [5.41, 5.74) is 0.406. The van der Waals surface area contributed by atoms with E-state index >= 15 is 0 Å². The number of hydrogen-bond donors (Lipinski definition) is 1. The van der Waals surface area contributed by atoms with Crippen molar-refractivity contribution in [3.8, 4) is 0 Å². The van der Waals surface area contributed by atoms with Gasteiger partial charge in [0.15, 0.2) is 0 Å². The lowest BCUT2D eigenvalue weighted by atomic mass is 9.72. The Bertz CT molecular complexity index is 708. The molecule has 1 atom stereocenters. The fraction of sp³-hybridized carbons (Fsp3) is 0.733. The number of hydrogen-bond acceptors (Lipinski definition) is 5. The largest absolute Gasteiger partial charge is 0.462 e. The Hall–Kier alpha value is -1.88. The average molecular weight is 489 g/mol. The van der Waals surface area contributed by atoms with E-state index in [0.717, 1.165) is 30.6 Å². The van der Waals surface area contributed by atoms with Gasteiger partial charge in [-0.25, -0.2) is 9.59 Å². The van der Waals surface area contributed by atoms with Crippen LogP contribution in [0.1, 0.15) is 90.9 Å². The number of rotatable bonds is 14. The van der Waals surface area contributed by atoms with E-state index < -0.39 is 18.5 Å². The van der Waals surface area contributed by atoms with Crippen LogP contribution in [0.4, 0.5) is 0 Å². The van der Waals surface area contributed by atoms with Gasteiger partial charge in [0.1, 0.15) is 0 Å². The number of ether oxygens (including phenoxy) is 2. The first kappa shape index (κ1) is 29.4. The second kappa shape index (κ2) is 16.0. The van der Waals surface area contributed by atoms with Gasteiger partial charge >= 0.3 is 11.9 Å². The molecule has 0 saturated heterocycles. The summed E-state index contributed by atoms with van der Waals surface area (Å²) in [5, 5.41) is 9.10. The van der Waals surface area contributed by atoms with Crippen LogP contribution in [0, 0.1) is 29.6 Å². The first-order valence-corrected chi connectivity index (χ1v) is 13.7. The summed E-state index contributed by atoms with van der Waals surface area (Å²) in [4.78, 5) is 23.9. The van der Waals surface area contributed by atoms with Crippen LogP contribution in [0.3, 0.4) is 0 Å². The van der Waals surface area contributed by atoms with Gasteiger partial charge in [-0.3, -0.25) is 0 Å². The molecule has 198 valence electrons. The van der Waals surface area contributed by atoms with E-state index in [0.29, 0.717) is 11.5 Å². The summed E-state index contributed by atoms with van der Waals surface area (Å²) in [6.07, 6.45) is 19.8. The van der Waals surface area contributed by atoms with Gasteiger partial charge in [0.05, 0.1) is 25.4 Å². The SMILES string of the molecule is C=C(C)C(=O)OCC(COC(=O)C(=C)CO)C1CCC(CCC2CCC(CC/C=C/C)CC2)CC1. The van der Waals surface area contributed by atoms with E-state index in [1.165, 1.54) is 64.2 Å². The Balaban J connectivity index is 1.75. The molecule has 2 rings (SSSR count). The number of carbonyl (C=O) groups excluding carboxylic acids is 2. The van der Waals surface area contributed by atoms with Crippen LogP contribution in [0.15, 0.2) is 36.5 Å². The van der Waals surface area contributed by atoms with E-state index in [-0.39, 0.29) is 24.7 Å². The molecule has 0 aromatic heterocycles. The van der Waals surface area contributed by atoms with Gasteiger partial charge < -0.3 is 14.6 Å². The van der Waals surface area contributed by atoms with Crippen molar-refractivity contribution in [2.75, 3.05) is 19.8 Å². The molecular formula is C30H48O5. The Morgan fingerprint density at radius 2 is 1.34 bits per heavy atom. The molecule has 5 heteroatoms. The second-order valence-corrected chi connectivity index (χ2v) is 10.9. The molecule has 1 unspecified atom stereocenters.